The molecule has 98 valence electrons. The number of halogens is 1. The summed E-state index contributed by atoms with van der Waals surface area (Å²) in [4.78, 5) is 15.6. The van der Waals surface area contributed by atoms with E-state index in [2.05, 4.69) is 10.3 Å². The highest BCUT2D eigenvalue weighted by Gasteiger charge is 2.03. The smallest absolute Gasteiger partial charge is 0.250 e. The Kier molecular flexibility index (Phi) is 4.54. The summed E-state index contributed by atoms with van der Waals surface area (Å²) in [5.41, 5.74) is 0.740. The number of ether oxygens (including phenoxy) is 1. The van der Waals surface area contributed by atoms with E-state index in [1.54, 1.807) is 43.0 Å². The van der Waals surface area contributed by atoms with Crippen molar-refractivity contribution in [1.82, 2.24) is 4.98 Å². The molecular formula is C13H11ClN2O2S. The van der Waals surface area contributed by atoms with Crippen molar-refractivity contribution in [2.24, 2.45) is 0 Å². The summed E-state index contributed by atoms with van der Waals surface area (Å²) >= 11 is 7.27. The lowest BCUT2D eigenvalue weighted by Crippen LogP contribution is -2.07. The number of nitrogens with one attached hydrogen (secondary N) is 1. The molecule has 0 radical (unpaired) electrons. The van der Waals surface area contributed by atoms with Crippen LogP contribution in [0.3, 0.4) is 0 Å². The van der Waals surface area contributed by atoms with Crippen molar-refractivity contribution in [2.45, 2.75) is 0 Å². The molecule has 0 spiro atoms. The maximum Gasteiger partial charge on any atom is 0.250 e. The van der Waals surface area contributed by atoms with Gasteiger partial charge in [-0.3, -0.25) is 10.1 Å². The molecule has 4 nitrogen and oxygen atoms in total. The summed E-state index contributed by atoms with van der Waals surface area (Å²) in [6.45, 7) is 0. The SMILES string of the molecule is COc1ccc(Cl)cc1/C=C/C(=O)Nc1nccs1. The molecule has 0 saturated heterocycles. The first-order valence-corrected chi connectivity index (χ1v) is 6.67. The lowest BCUT2D eigenvalue weighted by molar-refractivity contribution is -0.111. The minimum absolute atomic E-state index is 0.253. The highest BCUT2D eigenvalue weighted by molar-refractivity contribution is 7.13. The van der Waals surface area contributed by atoms with Gasteiger partial charge in [-0.05, 0) is 24.3 Å². The number of thiazole rings is 1. The lowest BCUT2D eigenvalue weighted by Gasteiger charge is -2.04. The van der Waals surface area contributed by atoms with Crippen molar-refractivity contribution in [2.75, 3.05) is 12.4 Å². The van der Waals surface area contributed by atoms with Crippen molar-refractivity contribution in [1.29, 1.82) is 0 Å². The van der Waals surface area contributed by atoms with Crippen molar-refractivity contribution in [3.8, 4) is 5.75 Å². The minimum atomic E-state index is -0.253. The lowest BCUT2D eigenvalue weighted by atomic mass is 10.2. The standard InChI is InChI=1S/C13H11ClN2O2S/c1-18-11-4-3-10(14)8-9(11)2-5-12(17)16-13-15-6-7-19-13/h2-8H,1H3,(H,15,16,17)/b5-2+. The van der Waals surface area contributed by atoms with Crippen LogP contribution in [0.5, 0.6) is 5.75 Å². The summed E-state index contributed by atoms with van der Waals surface area (Å²) in [7, 11) is 1.57. The van der Waals surface area contributed by atoms with Crippen molar-refractivity contribution in [3.05, 3.63) is 46.4 Å². The average molecular weight is 295 g/mol. The summed E-state index contributed by atoms with van der Waals surface area (Å²) in [5, 5.41) is 5.59. The first-order chi connectivity index (χ1) is 9.19. The zero-order valence-electron chi connectivity index (χ0n) is 10.1. The topological polar surface area (TPSA) is 51.2 Å². The summed E-state index contributed by atoms with van der Waals surface area (Å²) in [6.07, 6.45) is 4.69. The van der Waals surface area contributed by atoms with Gasteiger partial charge in [0.15, 0.2) is 5.13 Å². The third-order valence-corrected chi connectivity index (χ3v) is 3.19. The van der Waals surface area contributed by atoms with E-state index in [-0.39, 0.29) is 5.91 Å². The predicted molar refractivity (Wildman–Crippen MR) is 77.8 cm³/mol. The van der Waals surface area contributed by atoms with E-state index in [1.165, 1.54) is 17.4 Å². The molecule has 2 rings (SSSR count). The molecular weight excluding hydrogens is 284 g/mol. The molecule has 1 heterocycles. The summed E-state index contributed by atoms with van der Waals surface area (Å²) in [6, 6.07) is 5.21. The van der Waals surface area contributed by atoms with Gasteiger partial charge < -0.3 is 4.74 Å². The van der Waals surface area contributed by atoms with E-state index in [9.17, 15) is 4.79 Å². The van der Waals surface area contributed by atoms with Gasteiger partial charge in [-0.15, -0.1) is 11.3 Å². The number of benzene rings is 1. The molecule has 0 fully saturated rings. The van der Waals surface area contributed by atoms with Crippen LogP contribution in [0.2, 0.25) is 5.02 Å². The van der Waals surface area contributed by atoms with Crippen molar-refractivity contribution in [3.63, 3.8) is 0 Å². The van der Waals surface area contributed by atoms with Gasteiger partial charge in [-0.25, -0.2) is 4.98 Å². The van der Waals surface area contributed by atoms with Gasteiger partial charge in [0.25, 0.3) is 0 Å². The predicted octanol–water partition coefficient (Wildman–Crippen LogP) is 3.46. The first-order valence-electron chi connectivity index (χ1n) is 5.41. The number of anilines is 1. The first kappa shape index (κ1) is 13.6. The van der Waals surface area contributed by atoms with Gasteiger partial charge >= 0.3 is 0 Å². The van der Waals surface area contributed by atoms with Crippen molar-refractivity contribution >= 4 is 40.1 Å². The van der Waals surface area contributed by atoms with E-state index < -0.39 is 0 Å². The molecule has 0 saturated carbocycles. The maximum absolute atomic E-state index is 11.7. The Morgan fingerprint density at radius 1 is 1.53 bits per heavy atom. The Hall–Kier alpha value is -1.85. The van der Waals surface area contributed by atoms with Gasteiger partial charge in [0.05, 0.1) is 7.11 Å². The molecule has 2 aromatic rings. The van der Waals surface area contributed by atoms with Gasteiger partial charge in [0.1, 0.15) is 5.75 Å². The Morgan fingerprint density at radius 2 is 2.37 bits per heavy atom. The number of hydrogen-bond acceptors (Lipinski definition) is 4. The van der Waals surface area contributed by atoms with Crippen LogP contribution in [-0.2, 0) is 4.79 Å². The number of amides is 1. The second-order valence-corrected chi connectivity index (χ2v) is 4.88. The molecule has 0 aliphatic heterocycles. The van der Waals surface area contributed by atoms with Gasteiger partial charge in [0, 0.05) is 28.2 Å². The highest BCUT2D eigenvalue weighted by Crippen LogP contribution is 2.23. The molecule has 6 heteroatoms. The van der Waals surface area contributed by atoms with Crippen molar-refractivity contribution < 1.29 is 9.53 Å². The monoisotopic (exact) mass is 294 g/mol. The Labute approximate surface area is 119 Å². The van der Waals surface area contributed by atoms with E-state index in [4.69, 9.17) is 16.3 Å². The van der Waals surface area contributed by atoms with Gasteiger partial charge in [0.2, 0.25) is 5.91 Å². The van der Waals surface area contributed by atoms with Crippen LogP contribution in [-0.4, -0.2) is 18.0 Å². The second-order valence-electron chi connectivity index (χ2n) is 3.55. The largest absolute Gasteiger partial charge is 0.496 e. The normalized spacial score (nSPS) is 10.6. The number of hydrogen-bond donors (Lipinski definition) is 1. The van der Waals surface area contributed by atoms with Crippen LogP contribution in [0.25, 0.3) is 6.08 Å². The molecule has 1 amide bonds. The van der Waals surface area contributed by atoms with Gasteiger partial charge in [-0.2, -0.15) is 0 Å². The van der Waals surface area contributed by atoms with E-state index in [0.29, 0.717) is 15.9 Å². The molecule has 0 atom stereocenters. The summed E-state index contributed by atoms with van der Waals surface area (Å²) < 4.78 is 5.19. The second kappa shape index (κ2) is 6.36. The maximum atomic E-state index is 11.7. The number of aromatic nitrogens is 1. The number of rotatable bonds is 4. The Morgan fingerprint density at radius 3 is 3.05 bits per heavy atom. The number of methoxy groups -OCH3 is 1. The number of carbonyl (C=O) groups excluding carboxylic acids is 1. The van der Waals surface area contributed by atoms with Crippen LogP contribution in [0.15, 0.2) is 35.9 Å². The van der Waals surface area contributed by atoms with E-state index in [1.807, 2.05) is 0 Å². The van der Waals surface area contributed by atoms with Crippen LogP contribution in [0.1, 0.15) is 5.56 Å². The zero-order valence-corrected chi connectivity index (χ0v) is 11.7. The van der Waals surface area contributed by atoms with Gasteiger partial charge in [-0.1, -0.05) is 11.6 Å². The molecule has 1 aromatic heterocycles. The minimum Gasteiger partial charge on any atom is -0.496 e. The van der Waals surface area contributed by atoms with Crippen LogP contribution < -0.4 is 10.1 Å². The average Bonchev–Trinajstić information content (AvgIpc) is 2.89. The Bertz CT molecular complexity index is 597. The fraction of sp³-hybridized carbons (Fsp3) is 0.0769. The van der Waals surface area contributed by atoms with Crippen LogP contribution >= 0.6 is 22.9 Å². The molecule has 0 bridgehead atoms. The molecule has 19 heavy (non-hydrogen) atoms. The summed E-state index contributed by atoms with van der Waals surface area (Å²) in [5.74, 6) is 0.402. The molecule has 1 aromatic carbocycles. The third-order valence-electron chi connectivity index (χ3n) is 2.27. The Balaban J connectivity index is 2.09. The highest BCUT2D eigenvalue weighted by atomic mass is 35.5. The van der Waals surface area contributed by atoms with Crippen LogP contribution in [0, 0.1) is 0 Å². The fourth-order valence-electron chi connectivity index (χ4n) is 1.43. The number of nitrogens with zero attached hydrogens (tertiary/aromatic N) is 1. The number of carbonyl (C=O) groups is 1. The molecule has 0 aliphatic carbocycles. The molecule has 1 N–H and O–H groups in total. The van der Waals surface area contributed by atoms with E-state index >= 15 is 0 Å². The quantitative estimate of drug-likeness (QED) is 0.879. The third kappa shape index (κ3) is 3.81. The fourth-order valence-corrected chi connectivity index (χ4v) is 2.15. The van der Waals surface area contributed by atoms with E-state index in [0.717, 1.165) is 5.56 Å². The molecule has 0 unspecified atom stereocenters. The zero-order chi connectivity index (χ0) is 13.7. The molecule has 0 aliphatic rings. The van der Waals surface area contributed by atoms with Crippen LogP contribution in [0.4, 0.5) is 5.13 Å².